The first-order valence-electron chi connectivity index (χ1n) is 6.71. The molecule has 20 heavy (non-hydrogen) atoms. The third-order valence-corrected chi connectivity index (χ3v) is 3.69. The first-order valence-corrected chi connectivity index (χ1v) is 6.71. The van der Waals surface area contributed by atoms with Crippen LogP contribution in [0.4, 0.5) is 0 Å². The molecule has 0 amide bonds. The number of aliphatic imine (C=N–C) groups is 1. The highest BCUT2D eigenvalue weighted by Crippen LogP contribution is 2.43. The Bertz CT molecular complexity index is 575. The van der Waals surface area contributed by atoms with Gasteiger partial charge in [0.2, 0.25) is 5.78 Å². The van der Waals surface area contributed by atoms with Crippen LogP contribution in [0.2, 0.25) is 0 Å². The predicted octanol–water partition coefficient (Wildman–Crippen LogP) is 2.27. The van der Waals surface area contributed by atoms with Gasteiger partial charge < -0.3 is 13.9 Å². The maximum atomic E-state index is 12.1. The van der Waals surface area contributed by atoms with Crippen molar-refractivity contribution in [3.05, 3.63) is 36.3 Å². The number of ketones is 1. The van der Waals surface area contributed by atoms with Crippen LogP contribution >= 0.6 is 0 Å². The molecule has 3 rings (SSSR count). The summed E-state index contributed by atoms with van der Waals surface area (Å²) < 4.78 is 16.7. The third-order valence-electron chi connectivity index (χ3n) is 3.69. The fourth-order valence-electron chi connectivity index (χ4n) is 2.69. The molecule has 5 heteroatoms. The molecule has 0 bridgehead atoms. The molecule has 5 nitrogen and oxygen atoms in total. The summed E-state index contributed by atoms with van der Waals surface area (Å²) in [6, 6.07) is 3.78. The van der Waals surface area contributed by atoms with E-state index in [-0.39, 0.29) is 5.78 Å². The zero-order valence-electron chi connectivity index (χ0n) is 11.6. The molecule has 106 valence electrons. The Hall–Kier alpha value is -1.88. The molecule has 0 radical (unpaired) electrons. The number of aryl methyl sites for hydroxylation is 1. The second-order valence-electron chi connectivity index (χ2n) is 5.21. The summed E-state index contributed by atoms with van der Waals surface area (Å²) in [5.41, 5.74) is -2.06. The second kappa shape index (κ2) is 4.59. The van der Waals surface area contributed by atoms with Crippen molar-refractivity contribution in [2.75, 3.05) is 6.61 Å². The second-order valence-corrected chi connectivity index (χ2v) is 5.21. The average molecular weight is 275 g/mol. The highest BCUT2D eigenvalue weighted by atomic mass is 16.6. The lowest BCUT2D eigenvalue weighted by Crippen LogP contribution is -2.51. The maximum Gasteiger partial charge on any atom is 0.269 e. The van der Waals surface area contributed by atoms with Crippen LogP contribution in [-0.2, 0) is 20.7 Å². The molecule has 2 atom stereocenters. The fourth-order valence-corrected chi connectivity index (χ4v) is 2.69. The smallest absolute Gasteiger partial charge is 0.269 e. The highest BCUT2D eigenvalue weighted by Gasteiger charge is 2.62. The van der Waals surface area contributed by atoms with Crippen molar-refractivity contribution < 1.29 is 18.7 Å². The van der Waals surface area contributed by atoms with Gasteiger partial charge in [0.05, 0.1) is 12.9 Å². The number of rotatable bonds is 5. The zero-order valence-corrected chi connectivity index (χ0v) is 11.6. The van der Waals surface area contributed by atoms with Crippen LogP contribution in [0.1, 0.15) is 26.0 Å². The minimum atomic E-state index is -1.24. The Kier molecular flexibility index (Phi) is 3.01. The van der Waals surface area contributed by atoms with Crippen molar-refractivity contribution in [2.24, 2.45) is 4.99 Å². The predicted molar refractivity (Wildman–Crippen MR) is 72.5 cm³/mol. The summed E-state index contributed by atoms with van der Waals surface area (Å²) in [4.78, 5) is 16.4. The number of furan rings is 1. The van der Waals surface area contributed by atoms with Crippen LogP contribution in [0, 0.1) is 0 Å². The largest absolute Gasteiger partial charge is 0.469 e. The standard InChI is InChI=1S/C15H17NO4/c1-11-16-15(13(17)7-8-14(15,2)20-11)19-10-4-6-12-5-3-9-18-12/h3,5,7-9H,4,6,10H2,1-2H3/t14-,15-/m0/s1. The van der Waals surface area contributed by atoms with Crippen LogP contribution in [0.5, 0.6) is 0 Å². The normalized spacial score (nSPS) is 31.3. The van der Waals surface area contributed by atoms with Crippen molar-refractivity contribution in [1.29, 1.82) is 0 Å². The molecule has 1 aromatic rings. The summed E-state index contributed by atoms with van der Waals surface area (Å²) in [5.74, 6) is 1.23. The van der Waals surface area contributed by atoms with Gasteiger partial charge in [0.25, 0.3) is 5.72 Å². The topological polar surface area (TPSA) is 61.0 Å². The maximum absolute atomic E-state index is 12.1. The number of nitrogens with zero attached hydrogens (tertiary/aromatic N) is 1. The summed E-state index contributed by atoms with van der Waals surface area (Å²) >= 11 is 0. The Morgan fingerprint density at radius 1 is 1.45 bits per heavy atom. The van der Waals surface area contributed by atoms with Gasteiger partial charge in [-0.15, -0.1) is 0 Å². The molecule has 0 aromatic carbocycles. The highest BCUT2D eigenvalue weighted by molar-refractivity contribution is 6.04. The third kappa shape index (κ3) is 1.89. The summed E-state index contributed by atoms with van der Waals surface area (Å²) in [6.07, 6.45) is 6.39. The minimum Gasteiger partial charge on any atom is -0.469 e. The van der Waals surface area contributed by atoms with Gasteiger partial charge in [0.1, 0.15) is 5.76 Å². The van der Waals surface area contributed by atoms with E-state index in [1.165, 1.54) is 6.08 Å². The van der Waals surface area contributed by atoms with E-state index in [1.807, 2.05) is 19.1 Å². The van der Waals surface area contributed by atoms with Crippen molar-refractivity contribution in [3.63, 3.8) is 0 Å². The van der Waals surface area contributed by atoms with Crippen molar-refractivity contribution in [1.82, 2.24) is 0 Å². The van der Waals surface area contributed by atoms with Gasteiger partial charge in [-0.1, -0.05) is 0 Å². The minimum absolute atomic E-state index is 0.158. The van der Waals surface area contributed by atoms with Crippen molar-refractivity contribution >= 4 is 11.7 Å². The van der Waals surface area contributed by atoms with Crippen LogP contribution in [-0.4, -0.2) is 29.6 Å². The Balaban J connectivity index is 1.64. The fraction of sp³-hybridized carbons (Fsp3) is 0.467. The lowest BCUT2D eigenvalue weighted by Gasteiger charge is -2.31. The summed E-state index contributed by atoms with van der Waals surface area (Å²) in [6.45, 7) is 3.98. The summed E-state index contributed by atoms with van der Waals surface area (Å²) in [7, 11) is 0. The van der Waals surface area contributed by atoms with E-state index in [2.05, 4.69) is 4.99 Å². The SMILES string of the molecule is CC1=N[C@]2(OCCCc3ccco3)C(=O)C=C[C@]2(C)O1. The molecular formula is C15H17NO4. The molecule has 2 heterocycles. The van der Waals surface area contributed by atoms with Gasteiger partial charge in [-0.3, -0.25) is 4.79 Å². The van der Waals surface area contributed by atoms with E-state index in [0.717, 1.165) is 18.6 Å². The molecule has 0 unspecified atom stereocenters. The van der Waals surface area contributed by atoms with E-state index in [1.54, 1.807) is 19.3 Å². The van der Waals surface area contributed by atoms with Gasteiger partial charge in [-0.25, -0.2) is 4.99 Å². The van der Waals surface area contributed by atoms with Crippen LogP contribution in [0.25, 0.3) is 0 Å². The van der Waals surface area contributed by atoms with E-state index in [0.29, 0.717) is 12.5 Å². The first-order chi connectivity index (χ1) is 9.56. The van der Waals surface area contributed by atoms with E-state index >= 15 is 0 Å². The average Bonchev–Trinajstić information content (AvgIpc) is 3.04. The van der Waals surface area contributed by atoms with Gasteiger partial charge >= 0.3 is 0 Å². The van der Waals surface area contributed by atoms with Crippen molar-refractivity contribution in [3.8, 4) is 0 Å². The number of carbonyl (C=O) groups is 1. The number of ether oxygens (including phenoxy) is 2. The van der Waals surface area contributed by atoms with Crippen LogP contribution in [0.15, 0.2) is 40.0 Å². The molecule has 2 aliphatic rings. The van der Waals surface area contributed by atoms with Crippen LogP contribution < -0.4 is 0 Å². The van der Waals surface area contributed by atoms with Crippen molar-refractivity contribution in [2.45, 2.75) is 38.0 Å². The number of hydrogen-bond acceptors (Lipinski definition) is 5. The number of fused-ring (bicyclic) bond motifs is 1. The first kappa shape index (κ1) is 13.1. The summed E-state index contributed by atoms with van der Waals surface area (Å²) in [5, 5.41) is 0. The van der Waals surface area contributed by atoms with Gasteiger partial charge in [0, 0.05) is 13.3 Å². The molecule has 0 saturated carbocycles. The molecule has 0 spiro atoms. The van der Waals surface area contributed by atoms with Gasteiger partial charge in [0.15, 0.2) is 11.5 Å². The van der Waals surface area contributed by atoms with Gasteiger partial charge in [-0.05, 0) is 37.6 Å². The zero-order chi connectivity index (χ0) is 14.2. The monoisotopic (exact) mass is 275 g/mol. The Morgan fingerprint density at radius 2 is 2.30 bits per heavy atom. The molecule has 1 aromatic heterocycles. The van der Waals surface area contributed by atoms with Crippen LogP contribution in [0.3, 0.4) is 0 Å². The molecular weight excluding hydrogens is 258 g/mol. The molecule has 1 aliphatic heterocycles. The van der Waals surface area contributed by atoms with E-state index in [9.17, 15) is 4.79 Å². The van der Waals surface area contributed by atoms with E-state index < -0.39 is 11.3 Å². The quantitative estimate of drug-likeness (QED) is 0.773. The van der Waals surface area contributed by atoms with Gasteiger partial charge in [-0.2, -0.15) is 0 Å². The molecule has 0 fully saturated rings. The number of carbonyl (C=O) groups excluding carboxylic acids is 1. The lowest BCUT2D eigenvalue weighted by atomic mass is 9.96. The Morgan fingerprint density at radius 3 is 3.05 bits per heavy atom. The molecule has 0 N–H and O–H groups in total. The molecule has 0 saturated heterocycles. The lowest BCUT2D eigenvalue weighted by molar-refractivity contribution is -0.153. The molecule has 1 aliphatic carbocycles. The number of hydrogen-bond donors (Lipinski definition) is 0. The Labute approximate surface area is 117 Å². The van der Waals surface area contributed by atoms with E-state index in [4.69, 9.17) is 13.9 Å².